The summed E-state index contributed by atoms with van der Waals surface area (Å²) in [4.78, 5) is 12.1. The summed E-state index contributed by atoms with van der Waals surface area (Å²) in [6.45, 7) is 0. The Morgan fingerprint density at radius 1 is 1.04 bits per heavy atom. The van der Waals surface area contributed by atoms with E-state index in [2.05, 4.69) is 43.6 Å². The number of amides is 1. The number of carbonyl (C=O) groups excluding carboxylic acids is 1. The zero-order chi connectivity index (χ0) is 16.8. The van der Waals surface area contributed by atoms with Gasteiger partial charge < -0.3 is 5.32 Å². The van der Waals surface area contributed by atoms with E-state index in [1.54, 1.807) is 11.8 Å². The molecule has 24 heavy (non-hydrogen) atoms. The molecule has 0 aliphatic rings. The molecule has 0 aliphatic heterocycles. The Balaban J connectivity index is 1.51. The predicted molar refractivity (Wildman–Crippen MR) is 102 cm³/mol. The highest BCUT2D eigenvalue weighted by molar-refractivity contribution is 9.10. The van der Waals surface area contributed by atoms with Crippen LogP contribution >= 0.6 is 39.0 Å². The third kappa shape index (κ3) is 5.15. The van der Waals surface area contributed by atoms with Gasteiger partial charge in [0.25, 0.3) is 0 Å². The molecule has 0 radical (unpaired) electrons. The Bertz CT molecular complexity index is 806. The van der Waals surface area contributed by atoms with Gasteiger partial charge in [0.15, 0.2) is 4.34 Å². The van der Waals surface area contributed by atoms with Crippen LogP contribution in [0.25, 0.3) is 0 Å². The molecule has 1 amide bonds. The number of rotatable bonds is 6. The molecule has 0 unspecified atom stereocenters. The summed E-state index contributed by atoms with van der Waals surface area (Å²) >= 11 is 6.39. The second kappa shape index (κ2) is 8.41. The maximum atomic E-state index is 12.1. The standard InChI is InChI=1S/C17H14BrN3OS2/c18-14-8-6-12(7-9-14)10-15(22)19-16-20-21-17(24-16)23-11-13-4-2-1-3-5-13/h1-9H,10-11H2,(H,19,20,22). The van der Waals surface area contributed by atoms with Gasteiger partial charge in [0.2, 0.25) is 11.0 Å². The smallest absolute Gasteiger partial charge is 0.230 e. The van der Waals surface area contributed by atoms with Gasteiger partial charge in [0, 0.05) is 10.2 Å². The Hall–Kier alpha value is -1.70. The predicted octanol–water partition coefficient (Wildman–Crippen LogP) is 4.77. The largest absolute Gasteiger partial charge is 0.300 e. The van der Waals surface area contributed by atoms with Crippen molar-refractivity contribution in [3.8, 4) is 0 Å². The van der Waals surface area contributed by atoms with Crippen LogP contribution in [-0.4, -0.2) is 16.1 Å². The lowest BCUT2D eigenvalue weighted by Gasteiger charge is -2.01. The number of halogens is 1. The highest BCUT2D eigenvalue weighted by atomic mass is 79.9. The van der Waals surface area contributed by atoms with Crippen LogP contribution in [0.1, 0.15) is 11.1 Å². The van der Waals surface area contributed by atoms with Crippen molar-refractivity contribution in [2.45, 2.75) is 16.5 Å². The topological polar surface area (TPSA) is 54.9 Å². The fourth-order valence-corrected chi connectivity index (χ4v) is 3.98. The van der Waals surface area contributed by atoms with E-state index >= 15 is 0 Å². The highest BCUT2D eigenvalue weighted by Crippen LogP contribution is 2.28. The number of anilines is 1. The van der Waals surface area contributed by atoms with E-state index in [0.717, 1.165) is 20.1 Å². The summed E-state index contributed by atoms with van der Waals surface area (Å²) in [5.74, 6) is 0.746. The lowest BCUT2D eigenvalue weighted by atomic mass is 10.1. The van der Waals surface area contributed by atoms with Gasteiger partial charge >= 0.3 is 0 Å². The number of nitrogens with one attached hydrogen (secondary N) is 1. The number of thioether (sulfide) groups is 1. The highest BCUT2D eigenvalue weighted by Gasteiger charge is 2.09. The van der Waals surface area contributed by atoms with Gasteiger partial charge in [-0.3, -0.25) is 4.79 Å². The van der Waals surface area contributed by atoms with Gasteiger partial charge in [0.1, 0.15) is 0 Å². The molecule has 0 spiro atoms. The minimum absolute atomic E-state index is 0.0897. The van der Waals surface area contributed by atoms with E-state index < -0.39 is 0 Å². The average Bonchev–Trinajstić information content (AvgIpc) is 3.03. The van der Waals surface area contributed by atoms with Gasteiger partial charge in [-0.1, -0.05) is 81.5 Å². The normalized spacial score (nSPS) is 10.5. The van der Waals surface area contributed by atoms with E-state index in [-0.39, 0.29) is 5.91 Å². The van der Waals surface area contributed by atoms with Crippen LogP contribution in [-0.2, 0) is 17.0 Å². The van der Waals surface area contributed by atoms with Crippen molar-refractivity contribution < 1.29 is 4.79 Å². The molecule has 122 valence electrons. The Morgan fingerprint density at radius 2 is 1.79 bits per heavy atom. The van der Waals surface area contributed by atoms with Crippen LogP contribution in [0.15, 0.2) is 63.4 Å². The van der Waals surface area contributed by atoms with Gasteiger partial charge in [-0.15, -0.1) is 10.2 Å². The van der Waals surface area contributed by atoms with E-state index in [0.29, 0.717) is 11.6 Å². The molecule has 7 heteroatoms. The fraction of sp³-hybridized carbons (Fsp3) is 0.118. The Kier molecular flexibility index (Phi) is 6.01. The van der Waals surface area contributed by atoms with Crippen molar-refractivity contribution in [1.82, 2.24) is 10.2 Å². The molecule has 3 aromatic rings. The van der Waals surface area contributed by atoms with Gasteiger partial charge in [-0.2, -0.15) is 0 Å². The first-order chi connectivity index (χ1) is 11.7. The molecule has 0 atom stereocenters. The van der Waals surface area contributed by atoms with E-state index in [4.69, 9.17) is 0 Å². The Morgan fingerprint density at radius 3 is 2.54 bits per heavy atom. The second-order valence-electron chi connectivity index (χ2n) is 5.00. The zero-order valence-corrected chi connectivity index (χ0v) is 15.8. The Labute approximate surface area is 156 Å². The van der Waals surface area contributed by atoms with Crippen molar-refractivity contribution in [3.63, 3.8) is 0 Å². The SMILES string of the molecule is O=C(Cc1ccc(Br)cc1)Nc1nnc(SCc2ccccc2)s1. The van der Waals surface area contributed by atoms with Crippen LogP contribution in [0.5, 0.6) is 0 Å². The third-order valence-corrected chi connectivity index (χ3v) is 5.71. The summed E-state index contributed by atoms with van der Waals surface area (Å²) in [6, 6.07) is 17.9. The number of benzene rings is 2. The molecule has 0 saturated heterocycles. The molecule has 0 saturated carbocycles. The minimum atomic E-state index is -0.0897. The summed E-state index contributed by atoms with van der Waals surface area (Å²) in [6.07, 6.45) is 0.319. The van der Waals surface area contributed by atoms with Crippen molar-refractivity contribution in [2.75, 3.05) is 5.32 Å². The fourth-order valence-electron chi connectivity index (χ4n) is 1.99. The zero-order valence-electron chi connectivity index (χ0n) is 12.6. The third-order valence-electron chi connectivity index (χ3n) is 3.14. The van der Waals surface area contributed by atoms with Crippen LogP contribution in [0.3, 0.4) is 0 Å². The quantitative estimate of drug-likeness (QED) is 0.461. The first kappa shape index (κ1) is 17.1. The van der Waals surface area contributed by atoms with Crippen LogP contribution in [0.2, 0.25) is 0 Å². The maximum absolute atomic E-state index is 12.1. The van der Waals surface area contributed by atoms with Crippen LogP contribution in [0, 0.1) is 0 Å². The molecule has 1 aromatic heterocycles. The van der Waals surface area contributed by atoms with Gasteiger partial charge in [0.05, 0.1) is 6.42 Å². The number of hydrogen-bond donors (Lipinski definition) is 1. The van der Waals surface area contributed by atoms with Crippen molar-refractivity contribution >= 4 is 50.1 Å². The molecular weight excluding hydrogens is 406 g/mol. The molecule has 1 N–H and O–H groups in total. The first-order valence-electron chi connectivity index (χ1n) is 7.23. The molecule has 0 fully saturated rings. The van der Waals surface area contributed by atoms with Crippen molar-refractivity contribution in [2.24, 2.45) is 0 Å². The first-order valence-corrected chi connectivity index (χ1v) is 9.83. The molecule has 4 nitrogen and oxygen atoms in total. The number of nitrogens with zero attached hydrogens (tertiary/aromatic N) is 2. The molecular formula is C17H14BrN3OS2. The van der Waals surface area contributed by atoms with Crippen molar-refractivity contribution in [1.29, 1.82) is 0 Å². The van der Waals surface area contributed by atoms with E-state index in [1.807, 2.05) is 42.5 Å². The number of carbonyl (C=O) groups is 1. The van der Waals surface area contributed by atoms with Crippen LogP contribution < -0.4 is 5.32 Å². The minimum Gasteiger partial charge on any atom is -0.300 e. The maximum Gasteiger partial charge on any atom is 0.230 e. The summed E-state index contributed by atoms with van der Waals surface area (Å²) in [7, 11) is 0. The molecule has 0 aliphatic carbocycles. The number of hydrogen-bond acceptors (Lipinski definition) is 5. The molecule has 0 bridgehead atoms. The monoisotopic (exact) mass is 419 g/mol. The van der Waals surface area contributed by atoms with Crippen LogP contribution in [0.4, 0.5) is 5.13 Å². The average molecular weight is 420 g/mol. The molecule has 3 rings (SSSR count). The molecule has 2 aromatic carbocycles. The summed E-state index contributed by atoms with van der Waals surface area (Å²) in [5.41, 5.74) is 2.19. The summed E-state index contributed by atoms with van der Waals surface area (Å²) < 4.78 is 1.84. The van der Waals surface area contributed by atoms with E-state index in [1.165, 1.54) is 16.9 Å². The number of aromatic nitrogens is 2. The van der Waals surface area contributed by atoms with Gasteiger partial charge in [-0.05, 0) is 23.3 Å². The van der Waals surface area contributed by atoms with Gasteiger partial charge in [-0.25, -0.2) is 0 Å². The van der Waals surface area contributed by atoms with Crippen molar-refractivity contribution in [3.05, 3.63) is 70.2 Å². The molecule has 1 heterocycles. The lowest BCUT2D eigenvalue weighted by Crippen LogP contribution is -2.14. The summed E-state index contributed by atoms with van der Waals surface area (Å²) in [5, 5.41) is 11.5. The lowest BCUT2D eigenvalue weighted by molar-refractivity contribution is -0.115. The van der Waals surface area contributed by atoms with E-state index in [9.17, 15) is 4.79 Å². The second-order valence-corrected chi connectivity index (χ2v) is 8.11.